The molecule has 4 amide bonds. The van der Waals surface area contributed by atoms with E-state index in [0.717, 1.165) is 57.8 Å². The lowest BCUT2D eigenvalue weighted by molar-refractivity contribution is -0.155. The molecule has 3 saturated heterocycles. The lowest BCUT2D eigenvalue weighted by Gasteiger charge is -2.50. The van der Waals surface area contributed by atoms with Gasteiger partial charge in [0.1, 0.15) is 18.1 Å². The lowest BCUT2D eigenvalue weighted by Crippen LogP contribution is -2.67. The molecule has 1 aromatic carbocycles. The number of ether oxygens (including phenoxy) is 2. The second kappa shape index (κ2) is 23.4. The van der Waals surface area contributed by atoms with Crippen LogP contribution in [0.2, 0.25) is 0 Å². The van der Waals surface area contributed by atoms with Gasteiger partial charge in [-0.3, -0.25) is 29.3 Å². The summed E-state index contributed by atoms with van der Waals surface area (Å²) in [5.74, 6) is -1.47. The number of likely N-dealkylation sites (tertiary alicyclic amines) is 2. The summed E-state index contributed by atoms with van der Waals surface area (Å²) in [7, 11) is 3.36. The minimum Gasteiger partial charge on any atom is -0.464 e. The number of fused-ring (bicyclic) bond motifs is 6. The molecule has 4 aromatic rings. The van der Waals surface area contributed by atoms with Gasteiger partial charge < -0.3 is 29.2 Å². The van der Waals surface area contributed by atoms with Gasteiger partial charge in [0.15, 0.2) is 0 Å². The molecule has 20 heteroatoms. The number of urea groups is 1. The summed E-state index contributed by atoms with van der Waals surface area (Å²) in [5.41, 5.74) is 9.43. The van der Waals surface area contributed by atoms with Crippen LogP contribution in [0.25, 0.3) is 33.4 Å². The molecule has 0 aliphatic carbocycles. The average Bonchev–Trinajstić information content (AvgIpc) is 3.83. The highest BCUT2D eigenvalue weighted by Gasteiger charge is 2.42. The molecule has 0 saturated carbocycles. The second-order valence-corrected chi connectivity index (χ2v) is 19.7. The molecule has 4 aliphatic rings. The van der Waals surface area contributed by atoms with Crippen LogP contribution in [0.15, 0.2) is 41.9 Å². The number of aromatic nitrogens is 3. The van der Waals surface area contributed by atoms with Gasteiger partial charge >= 0.3 is 12.0 Å². The maximum atomic E-state index is 14.6. The highest BCUT2D eigenvalue weighted by molar-refractivity contribution is 7.59. The van der Waals surface area contributed by atoms with Crippen molar-refractivity contribution in [3.8, 4) is 22.5 Å². The molecule has 4 atom stereocenters. The number of hydrogen-bond donors (Lipinski definition) is 2. The van der Waals surface area contributed by atoms with Crippen molar-refractivity contribution in [2.24, 2.45) is 11.3 Å². The predicted molar refractivity (Wildman–Crippen MR) is 284 cm³/mol. The SMILES string of the molecule is CCn1c(-c2cccnc2[C@H](C)OC)c2c3cc(ccc31)-c1csc(n1)C[C@H](NC(=O)[C@H](C(C)C)N(C)C(=O)N1CC(N3CCC3)C1)C(=O)N1CCC[C@H](N1)C(=O)OCC(C)(C)C2.S.S.S.S. The average molecular weight is 1020 g/mol. The zero-order chi connectivity index (χ0) is 44.7. The number of benzene rings is 1. The molecular weight excluding hydrogens is 947 g/mol. The molecule has 3 fully saturated rings. The summed E-state index contributed by atoms with van der Waals surface area (Å²) in [6.45, 7) is 16.8. The molecule has 0 unspecified atom stereocenters. The molecule has 15 nitrogen and oxygen atoms in total. The number of rotatable bonds is 9. The third-order valence-electron chi connectivity index (χ3n) is 13.3. The van der Waals surface area contributed by atoms with E-state index in [-0.39, 0.29) is 91.0 Å². The Hall–Kier alpha value is -3.50. The van der Waals surface area contributed by atoms with Crippen molar-refractivity contribution in [1.82, 2.24) is 45.0 Å². The van der Waals surface area contributed by atoms with Crippen molar-refractivity contribution in [3.63, 3.8) is 0 Å². The zero-order valence-corrected chi connectivity index (χ0v) is 44.8. The van der Waals surface area contributed by atoms with Crippen molar-refractivity contribution >= 4 is 100 Å². The first-order valence-corrected chi connectivity index (χ1v) is 23.4. The van der Waals surface area contributed by atoms with Gasteiger partial charge in [0, 0.05) is 91.8 Å². The van der Waals surface area contributed by atoms with Gasteiger partial charge in [0.25, 0.3) is 5.91 Å². The quantitative estimate of drug-likeness (QED) is 0.188. The summed E-state index contributed by atoms with van der Waals surface area (Å²) in [6.07, 6.45) is 4.52. The highest BCUT2D eigenvalue weighted by Crippen LogP contribution is 2.42. The largest absolute Gasteiger partial charge is 0.464 e. The van der Waals surface area contributed by atoms with Crippen LogP contribution in [0.1, 0.15) is 83.2 Å². The summed E-state index contributed by atoms with van der Waals surface area (Å²) < 4.78 is 14.3. The van der Waals surface area contributed by atoms with Crippen LogP contribution in [-0.4, -0.2) is 136 Å². The third kappa shape index (κ3) is 11.6. The number of carbonyl (C=O) groups excluding carboxylic acids is 4. The number of thiazole rings is 1. The number of nitrogens with zero attached hydrogens (tertiary/aromatic N) is 7. The standard InChI is InChI=1S/C47H63N9O6S.4H2S/c1-9-55-38-16-15-30-21-33(38)34(42(55)32-13-10-17-48-40(32)29(4)61-8)23-47(5,6)27-62-45(59)35-14-11-20-56(51-35)44(58)36(22-39-49-37(30)26-63-39)50-43(57)41(28(2)3)52(7)46(60)54-24-31(25-54)53-18-12-19-53;;;;/h10,13,15-17,21,26,28-29,31,35-36,41,51H,9,11-12,14,18-20,22-25,27H2,1-8H3,(H,50,57);4*1H2/t29-,35-,36-,41-;;;;/m0..../s1. The normalized spacial score (nSPS) is 20.6. The van der Waals surface area contributed by atoms with Crippen molar-refractivity contribution < 1.29 is 28.7 Å². The molecule has 0 spiro atoms. The lowest BCUT2D eigenvalue weighted by atomic mass is 9.84. The third-order valence-corrected chi connectivity index (χ3v) is 14.2. The van der Waals surface area contributed by atoms with Crippen molar-refractivity contribution in [2.45, 2.75) is 110 Å². The van der Waals surface area contributed by atoms with Crippen molar-refractivity contribution in [1.29, 1.82) is 0 Å². The van der Waals surface area contributed by atoms with E-state index in [1.54, 1.807) is 25.3 Å². The molecule has 3 aromatic heterocycles. The zero-order valence-electron chi connectivity index (χ0n) is 40.0. The van der Waals surface area contributed by atoms with E-state index in [4.69, 9.17) is 19.4 Å². The van der Waals surface area contributed by atoms with E-state index in [1.807, 2.05) is 32.2 Å². The van der Waals surface area contributed by atoms with Crippen molar-refractivity contribution in [2.75, 3.05) is 53.5 Å². The van der Waals surface area contributed by atoms with Crippen LogP contribution in [0.4, 0.5) is 4.79 Å². The first kappa shape index (κ1) is 56.1. The molecule has 8 rings (SSSR count). The fraction of sp³-hybridized carbons (Fsp3) is 0.574. The van der Waals surface area contributed by atoms with E-state index >= 15 is 0 Å². The van der Waals surface area contributed by atoms with E-state index in [1.165, 1.54) is 27.7 Å². The van der Waals surface area contributed by atoms with Gasteiger partial charge in [-0.15, -0.1) is 11.3 Å². The van der Waals surface area contributed by atoms with E-state index in [0.29, 0.717) is 56.5 Å². The Labute approximate surface area is 427 Å². The first-order valence-electron chi connectivity index (χ1n) is 22.6. The highest BCUT2D eigenvalue weighted by atomic mass is 32.1. The summed E-state index contributed by atoms with van der Waals surface area (Å²) in [5, 5.41) is 8.25. The van der Waals surface area contributed by atoms with E-state index in [2.05, 4.69) is 65.2 Å². The van der Waals surface area contributed by atoms with Crippen LogP contribution in [0, 0.1) is 11.3 Å². The van der Waals surface area contributed by atoms with Crippen LogP contribution in [0.3, 0.4) is 0 Å². The topological polar surface area (TPSA) is 154 Å². The van der Waals surface area contributed by atoms with Crippen LogP contribution in [0.5, 0.6) is 0 Å². The number of pyridine rings is 1. The van der Waals surface area contributed by atoms with E-state index in [9.17, 15) is 19.2 Å². The predicted octanol–water partition coefficient (Wildman–Crippen LogP) is 6.12. The fourth-order valence-corrected chi connectivity index (χ4v) is 10.5. The minimum atomic E-state index is -1.03. The van der Waals surface area contributed by atoms with Gasteiger partial charge in [-0.25, -0.2) is 15.2 Å². The smallest absolute Gasteiger partial charge is 0.324 e. The van der Waals surface area contributed by atoms with Gasteiger partial charge in [-0.05, 0) is 88.4 Å². The number of nitrogens with one attached hydrogen (secondary N) is 2. The number of likely N-dealkylation sites (N-methyl/N-ethyl adjacent to an activating group) is 1. The summed E-state index contributed by atoms with van der Waals surface area (Å²) in [6, 6.07) is 8.04. The minimum absolute atomic E-state index is 0. The van der Waals surface area contributed by atoms with Crippen LogP contribution in [-0.2, 0) is 43.2 Å². The fourth-order valence-electron chi connectivity index (χ4n) is 9.64. The number of aryl methyl sites for hydroxylation is 1. The number of hydrazine groups is 1. The Balaban J connectivity index is 0.00000245. The summed E-state index contributed by atoms with van der Waals surface area (Å²) >= 11 is 1.44. The molecule has 0 radical (unpaired) electrons. The Kier molecular flexibility index (Phi) is 19.6. The number of methoxy groups -OCH3 is 1. The maximum absolute atomic E-state index is 14.6. The van der Waals surface area contributed by atoms with Crippen LogP contribution < -0.4 is 10.7 Å². The maximum Gasteiger partial charge on any atom is 0.324 e. The Morgan fingerprint density at radius 2 is 1.79 bits per heavy atom. The van der Waals surface area contributed by atoms with Gasteiger partial charge in [-0.2, -0.15) is 54.0 Å². The monoisotopic (exact) mass is 1020 g/mol. The molecular formula is C47H71N9O6S5. The molecule has 6 bridgehead atoms. The Morgan fingerprint density at radius 3 is 2.45 bits per heavy atom. The summed E-state index contributed by atoms with van der Waals surface area (Å²) in [4.78, 5) is 72.1. The van der Waals surface area contributed by atoms with Gasteiger partial charge in [0.2, 0.25) is 5.91 Å². The van der Waals surface area contributed by atoms with Crippen LogP contribution >= 0.6 is 65.3 Å². The molecule has 7 heterocycles. The Morgan fingerprint density at radius 1 is 1.06 bits per heavy atom. The molecule has 2 N–H and O–H groups in total. The number of hydrogen-bond acceptors (Lipinski definition) is 11. The van der Waals surface area contributed by atoms with E-state index < -0.39 is 35.4 Å². The second-order valence-electron chi connectivity index (χ2n) is 18.8. The molecule has 67 heavy (non-hydrogen) atoms. The first-order chi connectivity index (χ1) is 30.2. The molecule has 370 valence electrons. The van der Waals surface area contributed by atoms with Crippen molar-refractivity contribution in [3.05, 3.63) is 58.2 Å². The van der Waals surface area contributed by atoms with Gasteiger partial charge in [-0.1, -0.05) is 33.8 Å². The number of amides is 4. The number of carbonyl (C=O) groups is 4. The van der Waals surface area contributed by atoms with Gasteiger partial charge in [0.05, 0.1) is 34.8 Å². The number of cyclic esters (lactones) is 1. The molecule has 4 aliphatic heterocycles. The Bertz CT molecular complexity index is 2370. The number of esters is 1.